The Bertz CT molecular complexity index is 1230. The van der Waals surface area contributed by atoms with E-state index in [4.69, 9.17) is 11.6 Å². The van der Waals surface area contributed by atoms with E-state index in [1.807, 2.05) is 6.92 Å². The zero-order valence-electron chi connectivity index (χ0n) is 15.2. The van der Waals surface area contributed by atoms with Crippen LogP contribution in [0.1, 0.15) is 55.2 Å². The molecule has 0 aliphatic heterocycles. The molecule has 1 N–H and O–H groups in total. The molecule has 0 bridgehead atoms. The molecule has 0 amide bonds. The molecule has 5 rings (SSSR count). The number of hydrogen-bond donors (Lipinski definition) is 1. The van der Waals surface area contributed by atoms with Gasteiger partial charge in [-0.15, -0.1) is 0 Å². The molecule has 12 heteroatoms. The molecule has 0 saturated heterocycles. The van der Waals surface area contributed by atoms with Gasteiger partial charge in [0.05, 0.1) is 0 Å². The Morgan fingerprint density at radius 2 is 2.07 bits per heavy atom. The molecule has 2 saturated carbocycles. The number of nitrogens with zero attached hydrogens (tertiary/aromatic N) is 4. The molecule has 2 aliphatic carbocycles. The summed E-state index contributed by atoms with van der Waals surface area (Å²) in [7, 11) is -3.80. The molecule has 0 aromatic carbocycles. The Balaban J connectivity index is 1.70. The summed E-state index contributed by atoms with van der Waals surface area (Å²) in [6, 6.07) is 1.38. The summed E-state index contributed by atoms with van der Waals surface area (Å²) >= 11 is 5.64. The number of rotatable bonds is 6. The predicted octanol–water partition coefficient (Wildman–Crippen LogP) is 3.15. The van der Waals surface area contributed by atoms with Crippen LogP contribution in [-0.4, -0.2) is 48.0 Å². The van der Waals surface area contributed by atoms with Gasteiger partial charge in [0.25, 0.3) is 0 Å². The van der Waals surface area contributed by atoms with Gasteiger partial charge in [-0.25, -0.2) is 0 Å². The first-order chi connectivity index (χ1) is 13.7. The van der Waals surface area contributed by atoms with Crippen LogP contribution in [0.15, 0.2) is 17.2 Å². The standard InChI is InChI=1S/C17H16ClF2N5O2SSe/c1-17(4-5-17)24-28(26,27)9-6-10(18)14-21-11(8-2-3-8)12(25(14)7-9)15-22-23-16(29-15)13(19)20/h6-8,13,24H,2-5H2,1H3. The quantitative estimate of drug-likeness (QED) is 0.519. The summed E-state index contributed by atoms with van der Waals surface area (Å²) in [5.41, 5.74) is 1.22. The van der Waals surface area contributed by atoms with E-state index in [0.717, 1.165) is 31.4 Å². The van der Waals surface area contributed by atoms with Crippen molar-refractivity contribution in [2.75, 3.05) is 0 Å². The first-order valence-electron chi connectivity index (χ1n) is 9.04. The zero-order chi connectivity index (χ0) is 20.6. The van der Waals surface area contributed by atoms with Crippen LogP contribution in [0.3, 0.4) is 0 Å². The Morgan fingerprint density at radius 1 is 1.34 bits per heavy atom. The molecule has 0 atom stereocenters. The maximum absolute atomic E-state index is 13.1. The number of alkyl halides is 2. The molecule has 2 aliphatic rings. The summed E-state index contributed by atoms with van der Waals surface area (Å²) in [4.78, 5) is 4.61. The van der Waals surface area contributed by atoms with Gasteiger partial charge in [0, 0.05) is 0 Å². The molecule has 3 aromatic rings. The molecule has 0 unspecified atom stereocenters. The van der Waals surface area contributed by atoms with E-state index in [-0.39, 0.29) is 20.4 Å². The van der Waals surface area contributed by atoms with Crippen LogP contribution in [-0.2, 0) is 10.0 Å². The van der Waals surface area contributed by atoms with Gasteiger partial charge in [-0.05, 0) is 0 Å². The minimum atomic E-state index is -3.80. The summed E-state index contributed by atoms with van der Waals surface area (Å²) in [6.07, 6.45) is 2.20. The second kappa shape index (κ2) is 6.55. The summed E-state index contributed by atoms with van der Waals surface area (Å²) in [5.74, 6) is 0.193. The van der Waals surface area contributed by atoms with E-state index in [1.54, 1.807) is 4.40 Å². The SMILES string of the molecule is CC1(NS(=O)(=O)c2cc(Cl)c3nc(C4CC4)c(-c4nnc(C(F)F)[se]4)n3c2)CC1. The van der Waals surface area contributed by atoms with E-state index in [1.165, 1.54) is 12.3 Å². The first kappa shape index (κ1) is 19.6. The van der Waals surface area contributed by atoms with Crippen molar-refractivity contribution in [3.63, 3.8) is 0 Å². The van der Waals surface area contributed by atoms with Gasteiger partial charge in [0.2, 0.25) is 0 Å². The van der Waals surface area contributed by atoms with E-state index < -0.39 is 36.5 Å². The Labute approximate surface area is 176 Å². The van der Waals surface area contributed by atoms with E-state index >= 15 is 0 Å². The van der Waals surface area contributed by atoms with Crippen molar-refractivity contribution in [3.05, 3.63) is 27.5 Å². The van der Waals surface area contributed by atoms with Gasteiger partial charge in [-0.1, -0.05) is 0 Å². The van der Waals surface area contributed by atoms with Crippen LogP contribution in [0, 0.1) is 0 Å². The number of hydrogen-bond acceptors (Lipinski definition) is 5. The number of aromatic nitrogens is 4. The van der Waals surface area contributed by atoms with Crippen molar-refractivity contribution >= 4 is 41.8 Å². The predicted molar refractivity (Wildman–Crippen MR) is 103 cm³/mol. The van der Waals surface area contributed by atoms with Crippen molar-refractivity contribution in [3.8, 4) is 10.3 Å². The topological polar surface area (TPSA) is 89.2 Å². The van der Waals surface area contributed by atoms with Gasteiger partial charge in [0.15, 0.2) is 0 Å². The average Bonchev–Trinajstić information content (AvgIpc) is 3.51. The average molecular weight is 507 g/mol. The minimum absolute atomic E-state index is 0.00483. The number of pyridine rings is 1. The maximum atomic E-state index is 13.1. The van der Waals surface area contributed by atoms with E-state index in [2.05, 4.69) is 19.9 Å². The van der Waals surface area contributed by atoms with Gasteiger partial charge < -0.3 is 0 Å². The van der Waals surface area contributed by atoms with Crippen molar-refractivity contribution in [2.24, 2.45) is 0 Å². The van der Waals surface area contributed by atoms with Gasteiger partial charge in [0.1, 0.15) is 0 Å². The van der Waals surface area contributed by atoms with Gasteiger partial charge in [-0.3, -0.25) is 0 Å². The summed E-state index contributed by atoms with van der Waals surface area (Å²) < 4.78 is 56.3. The number of halogens is 3. The van der Waals surface area contributed by atoms with Crippen molar-refractivity contribution in [1.29, 1.82) is 0 Å². The Morgan fingerprint density at radius 3 is 2.66 bits per heavy atom. The molecular weight excluding hydrogens is 491 g/mol. The fraction of sp³-hybridized carbons (Fsp3) is 0.471. The molecule has 2 fully saturated rings. The Hall–Kier alpha value is -1.39. The molecule has 3 heterocycles. The molecule has 154 valence electrons. The molecule has 29 heavy (non-hydrogen) atoms. The van der Waals surface area contributed by atoms with E-state index in [9.17, 15) is 17.2 Å². The molecular formula is C17H16ClF2N5O2SSe. The van der Waals surface area contributed by atoms with Gasteiger partial charge in [-0.2, -0.15) is 0 Å². The third-order valence-corrected chi connectivity index (χ3v) is 9.01. The van der Waals surface area contributed by atoms with Crippen molar-refractivity contribution < 1.29 is 17.2 Å². The number of fused-ring (bicyclic) bond motifs is 1. The van der Waals surface area contributed by atoms with Crippen LogP contribution < -0.4 is 4.72 Å². The number of nitrogens with one attached hydrogen (secondary N) is 1. The van der Waals surface area contributed by atoms with Crippen LogP contribution in [0.5, 0.6) is 0 Å². The monoisotopic (exact) mass is 507 g/mol. The summed E-state index contributed by atoms with van der Waals surface area (Å²) in [6.45, 7) is 1.84. The normalized spacial score (nSPS) is 18.7. The van der Waals surface area contributed by atoms with Crippen LogP contribution in [0.2, 0.25) is 5.02 Å². The van der Waals surface area contributed by atoms with Crippen molar-refractivity contribution in [1.82, 2.24) is 24.3 Å². The molecule has 0 spiro atoms. The fourth-order valence-corrected chi connectivity index (χ4v) is 6.57. The van der Waals surface area contributed by atoms with Crippen LogP contribution >= 0.6 is 11.6 Å². The van der Waals surface area contributed by atoms with Crippen LogP contribution in [0.25, 0.3) is 15.9 Å². The molecule has 7 nitrogen and oxygen atoms in total. The second-order valence-corrected chi connectivity index (χ2v) is 12.0. The third kappa shape index (κ3) is 3.53. The van der Waals surface area contributed by atoms with Crippen molar-refractivity contribution in [2.45, 2.75) is 55.4 Å². The second-order valence-electron chi connectivity index (χ2n) is 7.75. The third-order valence-electron chi connectivity index (χ3n) is 5.16. The number of sulfonamides is 1. The van der Waals surface area contributed by atoms with Crippen LogP contribution in [0.4, 0.5) is 8.78 Å². The molecule has 0 radical (unpaired) electrons. The van der Waals surface area contributed by atoms with Gasteiger partial charge >= 0.3 is 176 Å². The zero-order valence-corrected chi connectivity index (χ0v) is 18.5. The fourth-order valence-electron chi connectivity index (χ4n) is 3.19. The molecule has 3 aromatic heterocycles. The van der Waals surface area contributed by atoms with E-state index in [0.29, 0.717) is 15.9 Å². The summed E-state index contributed by atoms with van der Waals surface area (Å²) in [5, 5.41) is 7.79. The Kier molecular flexibility index (Phi) is 4.42. The first-order valence-corrected chi connectivity index (χ1v) is 12.6. The number of imidazole rings is 1.